The van der Waals surface area contributed by atoms with Crippen LogP contribution in [0.15, 0.2) is 24.3 Å². The first-order valence-corrected chi connectivity index (χ1v) is 11.4. The summed E-state index contributed by atoms with van der Waals surface area (Å²) >= 11 is 0. The molecule has 0 radical (unpaired) electrons. The number of amides is 2. The van der Waals surface area contributed by atoms with Crippen LogP contribution in [0.2, 0.25) is 0 Å². The summed E-state index contributed by atoms with van der Waals surface area (Å²) < 4.78 is 23.4. The van der Waals surface area contributed by atoms with E-state index in [1.54, 1.807) is 21.9 Å². The maximum atomic E-state index is 13.2. The first kappa shape index (κ1) is 19.8. The van der Waals surface area contributed by atoms with Crippen LogP contribution in [0, 0.1) is 0 Å². The fourth-order valence-corrected chi connectivity index (χ4v) is 4.41. The van der Waals surface area contributed by atoms with Gasteiger partial charge in [-0.3, -0.25) is 9.59 Å². The number of hydrogen-bond acceptors (Lipinski definition) is 5. The maximum absolute atomic E-state index is 13.2. The molecule has 2 heterocycles. The predicted octanol–water partition coefficient (Wildman–Crippen LogP) is 0.610. The van der Waals surface area contributed by atoms with Crippen molar-refractivity contribution >= 4 is 21.7 Å². The molecule has 1 fully saturated rings. The smallest absolute Gasteiger partial charge is 0.255 e. The van der Waals surface area contributed by atoms with E-state index in [0.717, 1.165) is 31.5 Å². The van der Waals surface area contributed by atoms with Crippen LogP contribution in [-0.2, 0) is 21.2 Å². The molecule has 2 amide bonds. The minimum atomic E-state index is -3.23. The van der Waals surface area contributed by atoms with E-state index >= 15 is 0 Å². The van der Waals surface area contributed by atoms with Gasteiger partial charge in [0, 0.05) is 44.5 Å². The Labute approximate surface area is 160 Å². The number of benzene rings is 1. The van der Waals surface area contributed by atoms with Crippen molar-refractivity contribution in [1.82, 2.24) is 14.7 Å². The number of nitrogens with zero attached hydrogens (tertiary/aromatic N) is 3. The molecule has 0 N–H and O–H groups in total. The Morgan fingerprint density at radius 1 is 1.15 bits per heavy atom. The molecule has 1 aromatic rings. The lowest BCUT2D eigenvalue weighted by molar-refractivity contribution is -0.138. The summed E-state index contributed by atoms with van der Waals surface area (Å²) in [5.74, 6) is -0.446. The van der Waals surface area contributed by atoms with Crippen molar-refractivity contribution in [2.45, 2.75) is 25.9 Å². The number of likely N-dealkylation sites (N-methyl/N-ethyl adjacent to an activating group) is 1. The van der Waals surface area contributed by atoms with Crippen molar-refractivity contribution in [2.75, 3.05) is 44.7 Å². The molecular weight excluding hydrogens is 366 g/mol. The van der Waals surface area contributed by atoms with Crippen LogP contribution in [0.25, 0.3) is 0 Å². The van der Waals surface area contributed by atoms with Crippen molar-refractivity contribution in [1.29, 1.82) is 0 Å². The number of carbonyl (C=O) groups is 2. The molecule has 148 valence electrons. The number of piperazine rings is 1. The Kier molecular flexibility index (Phi) is 5.86. The lowest BCUT2D eigenvalue weighted by atomic mass is 10.1. The molecule has 0 aliphatic carbocycles. The maximum Gasteiger partial charge on any atom is 0.255 e. The Hall–Kier alpha value is -1.93. The minimum Gasteiger partial charge on any atom is -0.338 e. The lowest BCUT2D eigenvalue weighted by Crippen LogP contribution is -2.55. The average molecular weight is 394 g/mol. The Bertz CT molecular complexity index is 816. The Morgan fingerprint density at radius 2 is 1.81 bits per heavy atom. The Balaban J connectivity index is 1.79. The molecule has 2 aliphatic heterocycles. The molecule has 0 bridgehead atoms. The van der Waals surface area contributed by atoms with Gasteiger partial charge in [-0.2, -0.15) is 0 Å². The second-order valence-electron chi connectivity index (χ2n) is 7.28. The molecule has 1 saturated heterocycles. The summed E-state index contributed by atoms with van der Waals surface area (Å²) in [7, 11) is -3.23. The third-order valence-electron chi connectivity index (χ3n) is 5.40. The topological polar surface area (TPSA) is 78.0 Å². The minimum absolute atomic E-state index is 0.113. The molecule has 1 unspecified atom stereocenters. The molecule has 1 aromatic carbocycles. The predicted molar refractivity (Wildman–Crippen MR) is 103 cm³/mol. The van der Waals surface area contributed by atoms with Gasteiger partial charge in [-0.25, -0.2) is 8.42 Å². The first-order chi connectivity index (χ1) is 12.8. The van der Waals surface area contributed by atoms with Gasteiger partial charge in [0.1, 0.15) is 15.9 Å². The second kappa shape index (κ2) is 7.98. The quantitative estimate of drug-likeness (QED) is 0.708. The number of hydrogen-bond donors (Lipinski definition) is 0. The molecular formula is C19H27N3O4S. The first-order valence-electron chi connectivity index (χ1n) is 9.38. The van der Waals surface area contributed by atoms with E-state index in [-0.39, 0.29) is 24.0 Å². The van der Waals surface area contributed by atoms with Gasteiger partial charge in [0.2, 0.25) is 5.91 Å². The van der Waals surface area contributed by atoms with E-state index in [4.69, 9.17) is 0 Å². The normalized spacial score (nSPS) is 19.3. The molecule has 0 aromatic heterocycles. The van der Waals surface area contributed by atoms with E-state index < -0.39 is 15.9 Å². The highest BCUT2D eigenvalue weighted by molar-refractivity contribution is 7.90. The molecule has 0 spiro atoms. The van der Waals surface area contributed by atoms with Gasteiger partial charge in [0.15, 0.2) is 0 Å². The monoisotopic (exact) mass is 393 g/mol. The zero-order chi connectivity index (χ0) is 19.6. The van der Waals surface area contributed by atoms with Crippen molar-refractivity contribution < 1.29 is 18.0 Å². The summed E-state index contributed by atoms with van der Waals surface area (Å²) in [6, 6.07) is 6.57. The molecule has 27 heavy (non-hydrogen) atoms. The van der Waals surface area contributed by atoms with E-state index in [1.165, 1.54) is 0 Å². The van der Waals surface area contributed by atoms with Crippen LogP contribution >= 0.6 is 0 Å². The van der Waals surface area contributed by atoms with Gasteiger partial charge in [-0.05, 0) is 24.6 Å². The summed E-state index contributed by atoms with van der Waals surface area (Å²) in [6.45, 7) is 6.20. The number of fused-ring (bicyclic) bond motifs is 1. The van der Waals surface area contributed by atoms with Gasteiger partial charge in [-0.1, -0.05) is 25.1 Å². The Morgan fingerprint density at radius 3 is 2.41 bits per heavy atom. The summed E-state index contributed by atoms with van der Waals surface area (Å²) in [6.07, 6.45) is 1.29. The molecule has 8 heteroatoms. The van der Waals surface area contributed by atoms with Gasteiger partial charge < -0.3 is 14.7 Å². The van der Waals surface area contributed by atoms with Gasteiger partial charge >= 0.3 is 0 Å². The zero-order valence-corrected chi connectivity index (χ0v) is 16.7. The van der Waals surface area contributed by atoms with Crippen molar-refractivity contribution in [2.24, 2.45) is 0 Å². The second-order valence-corrected chi connectivity index (χ2v) is 9.54. The standard InChI is InChI=1S/C19H27N3O4S/c1-3-20-9-11-21(12-10-20)19(24)17(8-13-27(2,25)26)22-14-15-6-4-5-7-16(15)18(22)23/h4-7,17H,3,8-14H2,1-2H3. The summed E-state index contributed by atoms with van der Waals surface area (Å²) in [4.78, 5) is 31.6. The van der Waals surface area contributed by atoms with E-state index in [9.17, 15) is 18.0 Å². The number of carbonyl (C=O) groups excluding carboxylic acids is 2. The average Bonchev–Trinajstić information content (AvgIpc) is 2.98. The number of sulfone groups is 1. The van der Waals surface area contributed by atoms with Crippen molar-refractivity contribution in [3.8, 4) is 0 Å². The van der Waals surface area contributed by atoms with E-state index in [2.05, 4.69) is 11.8 Å². The summed E-state index contributed by atoms with van der Waals surface area (Å²) in [5.41, 5.74) is 1.49. The molecule has 1 atom stereocenters. The zero-order valence-electron chi connectivity index (χ0n) is 15.9. The van der Waals surface area contributed by atoms with Gasteiger partial charge in [0.25, 0.3) is 5.91 Å². The number of rotatable bonds is 6. The fraction of sp³-hybridized carbons (Fsp3) is 0.579. The van der Waals surface area contributed by atoms with Crippen LogP contribution in [0.3, 0.4) is 0 Å². The molecule has 0 saturated carbocycles. The van der Waals surface area contributed by atoms with E-state index in [1.807, 2.05) is 12.1 Å². The highest BCUT2D eigenvalue weighted by Crippen LogP contribution is 2.26. The SMILES string of the molecule is CCN1CCN(C(=O)C(CCS(C)(=O)=O)N2Cc3ccccc3C2=O)CC1. The van der Waals surface area contributed by atoms with Crippen LogP contribution < -0.4 is 0 Å². The van der Waals surface area contributed by atoms with Gasteiger partial charge in [-0.15, -0.1) is 0 Å². The third kappa shape index (κ3) is 4.50. The highest BCUT2D eigenvalue weighted by atomic mass is 32.2. The molecule has 2 aliphatic rings. The van der Waals surface area contributed by atoms with Gasteiger partial charge in [0.05, 0.1) is 5.75 Å². The highest BCUT2D eigenvalue weighted by Gasteiger charge is 2.38. The third-order valence-corrected chi connectivity index (χ3v) is 6.38. The summed E-state index contributed by atoms with van der Waals surface area (Å²) in [5, 5.41) is 0. The van der Waals surface area contributed by atoms with Crippen LogP contribution in [0.5, 0.6) is 0 Å². The van der Waals surface area contributed by atoms with E-state index in [0.29, 0.717) is 25.2 Å². The van der Waals surface area contributed by atoms with Crippen molar-refractivity contribution in [3.05, 3.63) is 35.4 Å². The van der Waals surface area contributed by atoms with Crippen LogP contribution in [0.1, 0.15) is 29.3 Å². The van der Waals surface area contributed by atoms with Crippen LogP contribution in [0.4, 0.5) is 0 Å². The van der Waals surface area contributed by atoms with Crippen molar-refractivity contribution in [3.63, 3.8) is 0 Å². The fourth-order valence-electron chi connectivity index (χ4n) is 3.76. The lowest BCUT2D eigenvalue weighted by Gasteiger charge is -2.38. The molecule has 3 rings (SSSR count). The van der Waals surface area contributed by atoms with Crippen LogP contribution in [-0.4, -0.2) is 85.7 Å². The largest absolute Gasteiger partial charge is 0.338 e. The molecule has 7 nitrogen and oxygen atoms in total.